The van der Waals surface area contributed by atoms with Crippen LogP contribution in [0, 0.1) is 0 Å². The van der Waals surface area contributed by atoms with Gasteiger partial charge in [0.05, 0.1) is 31.4 Å². The summed E-state index contributed by atoms with van der Waals surface area (Å²) in [4.78, 5) is 12.4. The molecule has 118 valence electrons. The number of amides is 1. The van der Waals surface area contributed by atoms with Gasteiger partial charge >= 0.3 is 0 Å². The highest BCUT2D eigenvalue weighted by atomic mass is 16.6. The van der Waals surface area contributed by atoms with Crippen LogP contribution in [0.2, 0.25) is 0 Å². The van der Waals surface area contributed by atoms with Crippen molar-refractivity contribution in [2.45, 2.75) is 19.2 Å². The molecule has 0 radical (unpaired) electrons. The number of carbonyl (C=O) groups is 1. The summed E-state index contributed by atoms with van der Waals surface area (Å²) >= 11 is 0. The molecule has 1 saturated heterocycles. The Labute approximate surface area is 132 Å². The van der Waals surface area contributed by atoms with Crippen LogP contribution in [0.5, 0.6) is 0 Å². The number of hydrogen-bond donors (Lipinski definition) is 1. The van der Waals surface area contributed by atoms with Gasteiger partial charge in [-0.2, -0.15) is 5.10 Å². The molecular weight excluding hydrogens is 296 g/mol. The molecule has 1 atom stereocenters. The highest BCUT2D eigenvalue weighted by Crippen LogP contribution is 2.17. The molecule has 1 aromatic carbocycles. The molecule has 1 N–H and O–H groups in total. The van der Waals surface area contributed by atoms with Crippen LogP contribution in [-0.2, 0) is 24.9 Å². The lowest BCUT2D eigenvalue weighted by Gasteiger charge is -2.00. The second kappa shape index (κ2) is 5.47. The largest absolute Gasteiger partial charge is 0.371 e. The molecule has 1 fully saturated rings. The molecule has 0 unspecified atom stereocenters. The fraction of sp³-hybridized carbons (Fsp3) is 0.333. The average molecular weight is 312 g/mol. The Balaban J connectivity index is 1.45. The maximum Gasteiger partial charge on any atom is 0.272 e. The van der Waals surface area contributed by atoms with Gasteiger partial charge in [0.25, 0.3) is 5.91 Å². The number of rotatable bonds is 5. The Bertz CT molecular complexity index is 864. The zero-order chi connectivity index (χ0) is 15.8. The van der Waals surface area contributed by atoms with Gasteiger partial charge in [0.15, 0.2) is 5.69 Å². The number of nitrogens with zero attached hydrogens (tertiary/aromatic N) is 5. The minimum atomic E-state index is -0.220. The van der Waals surface area contributed by atoms with Crippen LogP contribution in [-0.4, -0.2) is 43.4 Å². The first-order valence-corrected chi connectivity index (χ1v) is 7.41. The first-order valence-electron chi connectivity index (χ1n) is 7.41. The van der Waals surface area contributed by atoms with Crippen LogP contribution in [0.1, 0.15) is 16.2 Å². The monoisotopic (exact) mass is 312 g/mol. The van der Waals surface area contributed by atoms with Gasteiger partial charge in [-0.1, -0.05) is 23.4 Å². The second-order valence-electron chi connectivity index (χ2n) is 5.56. The predicted octanol–water partition coefficient (Wildman–Crippen LogP) is 0.494. The summed E-state index contributed by atoms with van der Waals surface area (Å²) in [5.41, 5.74) is 2.05. The Kier molecular flexibility index (Phi) is 3.30. The average Bonchev–Trinajstić information content (AvgIpc) is 3.15. The normalized spacial score (nSPS) is 16.7. The van der Waals surface area contributed by atoms with Crippen molar-refractivity contribution < 1.29 is 9.53 Å². The van der Waals surface area contributed by atoms with E-state index in [1.54, 1.807) is 9.36 Å². The van der Waals surface area contributed by atoms with E-state index in [9.17, 15) is 4.79 Å². The van der Waals surface area contributed by atoms with E-state index in [1.807, 2.05) is 37.5 Å². The third-order valence-corrected chi connectivity index (χ3v) is 3.78. The molecular formula is C15H16N6O2. The van der Waals surface area contributed by atoms with Gasteiger partial charge in [0, 0.05) is 12.4 Å². The van der Waals surface area contributed by atoms with Crippen molar-refractivity contribution in [2.75, 3.05) is 6.61 Å². The molecule has 0 spiro atoms. The highest BCUT2D eigenvalue weighted by molar-refractivity contribution is 6.04. The van der Waals surface area contributed by atoms with Gasteiger partial charge in [0.2, 0.25) is 0 Å². The van der Waals surface area contributed by atoms with Crippen molar-refractivity contribution in [3.8, 4) is 0 Å². The molecule has 2 aromatic heterocycles. The van der Waals surface area contributed by atoms with Crippen molar-refractivity contribution in [3.05, 3.63) is 41.9 Å². The summed E-state index contributed by atoms with van der Waals surface area (Å²) in [6, 6.07) is 7.65. The molecule has 1 amide bonds. The van der Waals surface area contributed by atoms with Crippen molar-refractivity contribution in [1.82, 2.24) is 30.1 Å². The topological polar surface area (TPSA) is 90.2 Å². The Morgan fingerprint density at radius 2 is 2.26 bits per heavy atom. The molecule has 3 aromatic rings. The molecule has 8 nitrogen and oxygen atoms in total. The van der Waals surface area contributed by atoms with Crippen LogP contribution in [0.15, 0.2) is 30.5 Å². The van der Waals surface area contributed by atoms with Gasteiger partial charge in [-0.3, -0.25) is 9.48 Å². The molecule has 0 bridgehead atoms. The van der Waals surface area contributed by atoms with E-state index in [0.29, 0.717) is 24.5 Å². The molecule has 23 heavy (non-hydrogen) atoms. The van der Waals surface area contributed by atoms with Gasteiger partial charge < -0.3 is 10.1 Å². The maximum atomic E-state index is 12.4. The van der Waals surface area contributed by atoms with Crippen LogP contribution in [0.4, 0.5) is 0 Å². The SMILES string of the molecule is Cn1nc(C(=O)NCc2cn(C[C@H]3CO3)nn2)c2ccccc21. The number of para-hydroxylation sites is 1. The van der Waals surface area contributed by atoms with Crippen molar-refractivity contribution >= 4 is 16.8 Å². The zero-order valence-electron chi connectivity index (χ0n) is 12.6. The van der Waals surface area contributed by atoms with E-state index in [-0.39, 0.29) is 12.0 Å². The van der Waals surface area contributed by atoms with Crippen LogP contribution in [0.25, 0.3) is 10.9 Å². The number of epoxide rings is 1. The summed E-state index contributed by atoms with van der Waals surface area (Å²) in [5, 5.41) is 16.0. The van der Waals surface area contributed by atoms with Crippen molar-refractivity contribution in [2.24, 2.45) is 7.05 Å². The molecule has 1 aliphatic rings. The predicted molar refractivity (Wildman–Crippen MR) is 81.6 cm³/mol. The van der Waals surface area contributed by atoms with Crippen molar-refractivity contribution in [3.63, 3.8) is 0 Å². The summed E-state index contributed by atoms with van der Waals surface area (Å²) in [6.45, 7) is 1.79. The fourth-order valence-electron chi connectivity index (χ4n) is 2.53. The smallest absolute Gasteiger partial charge is 0.272 e. The van der Waals surface area contributed by atoms with Crippen LogP contribution < -0.4 is 5.32 Å². The highest BCUT2D eigenvalue weighted by Gasteiger charge is 2.23. The van der Waals surface area contributed by atoms with Gasteiger partial charge in [0.1, 0.15) is 11.8 Å². The zero-order valence-corrected chi connectivity index (χ0v) is 12.6. The van der Waals surface area contributed by atoms with Gasteiger partial charge in [-0.15, -0.1) is 5.10 Å². The number of nitrogens with one attached hydrogen (secondary N) is 1. The summed E-state index contributed by atoms with van der Waals surface area (Å²) in [6.07, 6.45) is 2.07. The summed E-state index contributed by atoms with van der Waals surface area (Å²) in [7, 11) is 1.82. The van der Waals surface area contributed by atoms with Crippen LogP contribution in [0.3, 0.4) is 0 Å². The molecule has 3 heterocycles. The second-order valence-corrected chi connectivity index (χ2v) is 5.56. The first kappa shape index (κ1) is 13.9. The number of carbonyl (C=O) groups excluding carboxylic acids is 1. The standard InChI is InChI=1S/C15H16N6O2/c1-20-13-5-3-2-4-12(13)14(18-20)15(22)16-6-10-7-21(19-17-10)8-11-9-23-11/h2-5,7,11H,6,8-9H2,1H3,(H,16,22)/t11-/m0/s1. The number of benzene rings is 1. The number of aryl methyl sites for hydroxylation is 1. The van der Waals surface area contributed by atoms with Gasteiger partial charge in [-0.25, -0.2) is 4.68 Å². The van der Waals surface area contributed by atoms with Crippen LogP contribution >= 0.6 is 0 Å². The van der Waals surface area contributed by atoms with E-state index in [4.69, 9.17) is 4.74 Å². The van der Waals surface area contributed by atoms with E-state index < -0.39 is 0 Å². The van der Waals surface area contributed by atoms with Gasteiger partial charge in [-0.05, 0) is 6.07 Å². The number of aromatic nitrogens is 5. The lowest BCUT2D eigenvalue weighted by atomic mass is 10.2. The lowest BCUT2D eigenvalue weighted by molar-refractivity contribution is 0.0946. The van der Waals surface area contributed by atoms with Crippen molar-refractivity contribution in [1.29, 1.82) is 0 Å². The molecule has 0 aliphatic carbocycles. The minimum Gasteiger partial charge on any atom is -0.371 e. The lowest BCUT2D eigenvalue weighted by Crippen LogP contribution is -2.23. The molecule has 0 saturated carbocycles. The van der Waals surface area contributed by atoms with E-state index in [1.165, 1.54) is 0 Å². The number of hydrogen-bond acceptors (Lipinski definition) is 5. The van der Waals surface area contributed by atoms with E-state index >= 15 is 0 Å². The Morgan fingerprint density at radius 1 is 1.43 bits per heavy atom. The molecule has 4 rings (SSSR count). The summed E-state index contributed by atoms with van der Waals surface area (Å²) < 4.78 is 8.59. The summed E-state index contributed by atoms with van der Waals surface area (Å²) in [5.74, 6) is -0.220. The number of fused-ring (bicyclic) bond motifs is 1. The Hall–Kier alpha value is -2.74. The number of ether oxygens (including phenoxy) is 1. The van der Waals surface area contributed by atoms with E-state index in [2.05, 4.69) is 20.7 Å². The quantitative estimate of drug-likeness (QED) is 0.693. The molecule has 1 aliphatic heterocycles. The maximum absolute atomic E-state index is 12.4. The van der Waals surface area contributed by atoms with E-state index in [0.717, 1.165) is 17.5 Å². The third kappa shape index (κ3) is 2.80. The third-order valence-electron chi connectivity index (χ3n) is 3.78. The Morgan fingerprint density at radius 3 is 3.09 bits per heavy atom. The minimum absolute atomic E-state index is 0.220. The molecule has 8 heteroatoms. The fourth-order valence-corrected chi connectivity index (χ4v) is 2.53. The first-order chi connectivity index (χ1) is 11.2.